The topological polar surface area (TPSA) is 62.6 Å². The zero-order chi connectivity index (χ0) is 14.8. The molecule has 7 heteroatoms. The smallest absolute Gasteiger partial charge is 0.275 e. The molecule has 1 aromatic heterocycles. The summed E-state index contributed by atoms with van der Waals surface area (Å²) in [6.07, 6.45) is 0. The lowest BCUT2D eigenvalue weighted by Gasteiger charge is -2.08. The normalized spacial score (nSPS) is 11.8. The number of furan rings is 1. The predicted molar refractivity (Wildman–Crippen MR) is 73.3 cm³/mol. The van der Waals surface area contributed by atoms with E-state index in [1.807, 2.05) is 0 Å². The fraction of sp³-hybridized carbons (Fsp3) is 0.231. The van der Waals surface area contributed by atoms with E-state index in [-0.39, 0.29) is 10.9 Å². The lowest BCUT2D eigenvalue weighted by Crippen LogP contribution is -2.21. The highest BCUT2D eigenvalue weighted by Gasteiger charge is 2.21. The summed E-state index contributed by atoms with van der Waals surface area (Å²) in [5, 5.41) is 2.91. The second kappa shape index (κ2) is 5.64. The first kappa shape index (κ1) is 14.5. The molecule has 0 amide bonds. The number of halogens is 1. The van der Waals surface area contributed by atoms with Gasteiger partial charge in [-0.15, -0.1) is 0 Å². The van der Waals surface area contributed by atoms with Crippen LogP contribution in [0.3, 0.4) is 0 Å². The Morgan fingerprint density at radius 2 is 1.80 bits per heavy atom. The third kappa shape index (κ3) is 3.17. The van der Waals surface area contributed by atoms with Crippen LogP contribution >= 0.6 is 0 Å². The number of hydrogen-bond donors (Lipinski definition) is 1. The van der Waals surface area contributed by atoms with Crippen LogP contribution in [0.15, 0.2) is 45.9 Å². The SMILES string of the molecule is CN(C)S(=O)(=O)c1ccc(CNc2ccc(F)cc2)o1. The first-order valence-electron chi connectivity index (χ1n) is 5.90. The number of nitrogens with one attached hydrogen (secondary N) is 1. The highest BCUT2D eigenvalue weighted by Crippen LogP contribution is 2.18. The van der Waals surface area contributed by atoms with Crippen molar-refractivity contribution < 1.29 is 17.2 Å². The zero-order valence-corrected chi connectivity index (χ0v) is 11.9. The fourth-order valence-corrected chi connectivity index (χ4v) is 2.34. The molecule has 2 aromatic rings. The first-order valence-corrected chi connectivity index (χ1v) is 7.34. The molecule has 1 heterocycles. The molecule has 0 aliphatic heterocycles. The van der Waals surface area contributed by atoms with Crippen LogP contribution in [0.4, 0.5) is 10.1 Å². The molecule has 0 fully saturated rings. The number of hydrogen-bond acceptors (Lipinski definition) is 4. The van der Waals surface area contributed by atoms with E-state index in [1.54, 1.807) is 18.2 Å². The number of anilines is 1. The number of sulfonamides is 1. The summed E-state index contributed by atoms with van der Waals surface area (Å²) in [4.78, 5) is 0. The molecule has 0 atom stereocenters. The van der Waals surface area contributed by atoms with Crippen molar-refractivity contribution >= 4 is 15.7 Å². The van der Waals surface area contributed by atoms with Gasteiger partial charge in [0.1, 0.15) is 11.6 Å². The van der Waals surface area contributed by atoms with Gasteiger partial charge in [0.05, 0.1) is 6.54 Å². The monoisotopic (exact) mass is 298 g/mol. The van der Waals surface area contributed by atoms with Crippen molar-refractivity contribution in [2.75, 3.05) is 19.4 Å². The standard InChI is InChI=1S/C13H15FN2O3S/c1-16(2)20(17,18)13-8-7-12(19-13)9-15-11-5-3-10(14)4-6-11/h3-8,15H,9H2,1-2H3. The van der Waals surface area contributed by atoms with Gasteiger partial charge in [-0.25, -0.2) is 17.1 Å². The number of benzene rings is 1. The third-order valence-electron chi connectivity index (χ3n) is 2.68. The Balaban J connectivity index is 2.05. The van der Waals surface area contributed by atoms with Gasteiger partial charge in [-0.05, 0) is 36.4 Å². The lowest BCUT2D eigenvalue weighted by molar-refractivity contribution is 0.402. The van der Waals surface area contributed by atoms with E-state index in [0.717, 1.165) is 9.99 Å². The van der Waals surface area contributed by atoms with Crippen molar-refractivity contribution in [3.63, 3.8) is 0 Å². The summed E-state index contributed by atoms with van der Waals surface area (Å²) in [7, 11) is -0.678. The minimum atomic E-state index is -3.56. The predicted octanol–water partition coefficient (Wildman–Crippen LogP) is 2.28. The van der Waals surface area contributed by atoms with Gasteiger partial charge in [-0.2, -0.15) is 0 Å². The average molecular weight is 298 g/mol. The molecule has 20 heavy (non-hydrogen) atoms. The van der Waals surface area contributed by atoms with E-state index in [2.05, 4.69) is 5.32 Å². The Hall–Kier alpha value is -1.86. The fourth-order valence-electron chi connectivity index (χ4n) is 1.53. The molecule has 0 unspecified atom stereocenters. The Kier molecular flexibility index (Phi) is 4.10. The van der Waals surface area contributed by atoms with E-state index >= 15 is 0 Å². The second-order valence-electron chi connectivity index (χ2n) is 4.37. The van der Waals surface area contributed by atoms with Crippen LogP contribution in [-0.4, -0.2) is 26.8 Å². The van der Waals surface area contributed by atoms with Gasteiger partial charge in [-0.3, -0.25) is 0 Å². The molecular weight excluding hydrogens is 283 g/mol. The maximum atomic E-state index is 12.7. The highest BCUT2D eigenvalue weighted by atomic mass is 32.2. The maximum absolute atomic E-state index is 12.7. The van der Waals surface area contributed by atoms with E-state index in [9.17, 15) is 12.8 Å². The van der Waals surface area contributed by atoms with Crippen LogP contribution in [0.2, 0.25) is 0 Å². The second-order valence-corrected chi connectivity index (χ2v) is 6.45. The third-order valence-corrected chi connectivity index (χ3v) is 4.37. The lowest BCUT2D eigenvalue weighted by atomic mass is 10.3. The molecule has 1 aromatic carbocycles. The van der Waals surface area contributed by atoms with E-state index in [4.69, 9.17) is 4.42 Å². The van der Waals surface area contributed by atoms with E-state index in [0.29, 0.717) is 12.3 Å². The molecule has 0 saturated heterocycles. The summed E-state index contributed by atoms with van der Waals surface area (Å²) in [5.74, 6) is 0.169. The molecule has 0 radical (unpaired) electrons. The van der Waals surface area contributed by atoms with Crippen molar-refractivity contribution in [2.45, 2.75) is 11.6 Å². The van der Waals surface area contributed by atoms with Crippen LogP contribution in [0.25, 0.3) is 0 Å². The molecule has 5 nitrogen and oxygen atoms in total. The molecule has 0 aliphatic rings. The molecule has 2 rings (SSSR count). The quantitative estimate of drug-likeness (QED) is 0.920. The maximum Gasteiger partial charge on any atom is 0.275 e. The van der Waals surface area contributed by atoms with Crippen molar-refractivity contribution in [2.24, 2.45) is 0 Å². The van der Waals surface area contributed by atoms with Crippen LogP contribution in [0.1, 0.15) is 5.76 Å². The Morgan fingerprint density at radius 1 is 1.15 bits per heavy atom. The first-order chi connectivity index (χ1) is 9.39. The van der Waals surface area contributed by atoms with E-state index < -0.39 is 10.0 Å². The van der Waals surface area contributed by atoms with Crippen LogP contribution in [-0.2, 0) is 16.6 Å². The minimum absolute atomic E-state index is 0.0987. The zero-order valence-electron chi connectivity index (χ0n) is 11.1. The summed E-state index contributed by atoms with van der Waals surface area (Å²) < 4.78 is 42.8. The summed E-state index contributed by atoms with van der Waals surface area (Å²) >= 11 is 0. The highest BCUT2D eigenvalue weighted by molar-refractivity contribution is 7.88. The van der Waals surface area contributed by atoms with Crippen LogP contribution < -0.4 is 5.32 Å². The summed E-state index contributed by atoms with van der Waals surface area (Å²) in [5.41, 5.74) is 0.722. The van der Waals surface area contributed by atoms with Gasteiger partial charge in [0.15, 0.2) is 0 Å². The van der Waals surface area contributed by atoms with Gasteiger partial charge in [0.2, 0.25) is 5.09 Å². The molecule has 0 bridgehead atoms. The molecule has 108 valence electrons. The van der Waals surface area contributed by atoms with Crippen molar-refractivity contribution in [1.82, 2.24) is 4.31 Å². The average Bonchev–Trinajstić information content (AvgIpc) is 2.87. The Morgan fingerprint density at radius 3 is 2.40 bits per heavy atom. The van der Waals surface area contributed by atoms with Gasteiger partial charge in [-0.1, -0.05) is 0 Å². The van der Waals surface area contributed by atoms with Crippen molar-refractivity contribution in [1.29, 1.82) is 0 Å². The number of rotatable bonds is 5. The van der Waals surface area contributed by atoms with Crippen molar-refractivity contribution in [3.8, 4) is 0 Å². The van der Waals surface area contributed by atoms with Crippen molar-refractivity contribution in [3.05, 3.63) is 48.0 Å². The van der Waals surface area contributed by atoms with Gasteiger partial charge in [0.25, 0.3) is 10.0 Å². The molecule has 0 aliphatic carbocycles. The Bertz CT molecular complexity index is 678. The van der Waals surface area contributed by atoms with Gasteiger partial charge in [0, 0.05) is 19.8 Å². The Labute approximate surface area is 117 Å². The summed E-state index contributed by atoms with van der Waals surface area (Å²) in [6.45, 7) is 0.314. The molecule has 1 N–H and O–H groups in total. The summed E-state index contributed by atoms with van der Waals surface area (Å²) in [6, 6.07) is 8.87. The molecular formula is C13H15FN2O3S. The van der Waals surface area contributed by atoms with Gasteiger partial charge < -0.3 is 9.73 Å². The van der Waals surface area contributed by atoms with Gasteiger partial charge >= 0.3 is 0 Å². The molecule has 0 saturated carbocycles. The van der Waals surface area contributed by atoms with E-state index in [1.165, 1.54) is 32.3 Å². The molecule has 0 spiro atoms. The number of nitrogens with zero attached hydrogens (tertiary/aromatic N) is 1. The minimum Gasteiger partial charge on any atom is -0.446 e. The van der Waals surface area contributed by atoms with Crippen LogP contribution in [0.5, 0.6) is 0 Å². The van der Waals surface area contributed by atoms with Crippen LogP contribution in [0, 0.1) is 5.82 Å². The largest absolute Gasteiger partial charge is 0.446 e.